The predicted molar refractivity (Wildman–Crippen MR) is 74.8 cm³/mol. The van der Waals surface area contributed by atoms with E-state index in [9.17, 15) is 0 Å². The molecule has 0 unspecified atom stereocenters. The molecule has 0 saturated carbocycles. The van der Waals surface area contributed by atoms with Crippen molar-refractivity contribution < 1.29 is 15.8 Å². The van der Waals surface area contributed by atoms with E-state index in [4.69, 9.17) is 4.74 Å². The van der Waals surface area contributed by atoms with Crippen LogP contribution in [0.1, 0.15) is 31.9 Å². The highest BCUT2D eigenvalue weighted by molar-refractivity contribution is 5.38. The summed E-state index contributed by atoms with van der Waals surface area (Å²) < 4.78 is 5.80. The Labute approximate surface area is 111 Å². The molecule has 5 N–H and O–H groups in total. The van der Waals surface area contributed by atoms with Crippen molar-refractivity contribution in [3.63, 3.8) is 0 Å². The Hall–Kier alpha value is -1.06. The molecule has 0 aliphatic heterocycles. The summed E-state index contributed by atoms with van der Waals surface area (Å²) in [7, 11) is 0. The zero-order valence-electron chi connectivity index (χ0n) is 12.3. The summed E-state index contributed by atoms with van der Waals surface area (Å²) >= 11 is 0. The molecule has 3 heteroatoms. The number of aryl methyl sites for hydroxylation is 1. The van der Waals surface area contributed by atoms with Gasteiger partial charge in [-0.2, -0.15) is 0 Å². The van der Waals surface area contributed by atoms with Crippen molar-refractivity contribution >= 4 is 0 Å². The molecule has 0 atom stereocenters. The number of hydrogen-bond donors (Lipinski definition) is 2. The van der Waals surface area contributed by atoms with E-state index in [1.165, 1.54) is 11.1 Å². The van der Waals surface area contributed by atoms with Gasteiger partial charge in [-0.3, -0.25) is 0 Å². The molecule has 0 amide bonds. The van der Waals surface area contributed by atoms with Crippen LogP contribution in [-0.2, 0) is 5.41 Å². The lowest BCUT2D eigenvalue weighted by Gasteiger charge is -2.20. The minimum absolute atomic E-state index is 0.200. The van der Waals surface area contributed by atoms with Crippen LogP contribution in [0.5, 0.6) is 5.75 Å². The van der Waals surface area contributed by atoms with Crippen LogP contribution in [0.15, 0.2) is 18.2 Å². The van der Waals surface area contributed by atoms with E-state index in [2.05, 4.69) is 56.9 Å². The summed E-state index contributed by atoms with van der Waals surface area (Å²) in [5, 5.41) is 2.24. The van der Waals surface area contributed by atoms with Crippen LogP contribution in [-0.4, -0.2) is 26.2 Å². The Morgan fingerprint density at radius 2 is 1.94 bits per heavy atom. The summed E-state index contributed by atoms with van der Waals surface area (Å²) in [6, 6.07) is 6.49. The van der Waals surface area contributed by atoms with Crippen LogP contribution in [0.2, 0.25) is 0 Å². The molecule has 0 saturated heterocycles. The van der Waals surface area contributed by atoms with E-state index in [1.54, 1.807) is 0 Å². The second-order valence-corrected chi connectivity index (χ2v) is 5.80. The van der Waals surface area contributed by atoms with Crippen molar-refractivity contribution in [2.75, 3.05) is 26.2 Å². The van der Waals surface area contributed by atoms with E-state index in [0.717, 1.165) is 32.0 Å². The third-order valence-corrected chi connectivity index (χ3v) is 3.03. The lowest BCUT2D eigenvalue weighted by molar-refractivity contribution is -0.670. The zero-order chi connectivity index (χ0) is 13.6. The first-order valence-electron chi connectivity index (χ1n) is 6.80. The minimum Gasteiger partial charge on any atom is -0.487 e. The fraction of sp³-hybridized carbons (Fsp3) is 0.600. The Morgan fingerprint density at radius 3 is 2.50 bits per heavy atom. The molecule has 0 spiro atoms. The third kappa shape index (κ3) is 4.67. The second kappa shape index (κ2) is 6.76. The van der Waals surface area contributed by atoms with E-state index in [1.807, 2.05) is 0 Å². The van der Waals surface area contributed by atoms with Gasteiger partial charge in [0, 0.05) is 0 Å². The minimum atomic E-state index is 0.200. The summed E-state index contributed by atoms with van der Waals surface area (Å²) in [5.41, 5.74) is 6.60. The van der Waals surface area contributed by atoms with Crippen LogP contribution in [0.25, 0.3) is 0 Å². The maximum Gasteiger partial charge on any atom is 0.137 e. The molecule has 0 fully saturated rings. The van der Waals surface area contributed by atoms with Gasteiger partial charge in [0.25, 0.3) is 0 Å². The molecular formula is C15H28N2O+2. The highest BCUT2D eigenvalue weighted by Gasteiger charge is 2.14. The quantitative estimate of drug-likeness (QED) is 0.711. The number of hydrogen-bond acceptors (Lipinski definition) is 1. The van der Waals surface area contributed by atoms with Gasteiger partial charge in [-0.1, -0.05) is 32.9 Å². The fourth-order valence-electron chi connectivity index (χ4n) is 1.82. The molecule has 1 aromatic rings. The standard InChI is InChI=1S/C15H26N2O/c1-12-11-13(15(2,3)4)5-6-14(12)18-10-9-17-8-7-16/h5-6,11,17H,7-10,16H2,1-4H3/p+2. The molecule has 0 aromatic heterocycles. The maximum absolute atomic E-state index is 5.80. The van der Waals surface area contributed by atoms with Gasteiger partial charge in [-0.05, 0) is 29.5 Å². The number of rotatable bonds is 6. The second-order valence-electron chi connectivity index (χ2n) is 5.80. The monoisotopic (exact) mass is 252 g/mol. The van der Waals surface area contributed by atoms with Crippen LogP contribution < -0.4 is 15.8 Å². The molecule has 1 rings (SSSR count). The topological polar surface area (TPSA) is 53.5 Å². The van der Waals surface area contributed by atoms with Crippen LogP contribution >= 0.6 is 0 Å². The molecule has 0 bridgehead atoms. The summed E-state index contributed by atoms with van der Waals surface area (Å²) in [4.78, 5) is 0. The summed E-state index contributed by atoms with van der Waals surface area (Å²) in [6.45, 7) is 12.6. The van der Waals surface area contributed by atoms with Crippen LogP contribution in [0, 0.1) is 6.92 Å². The van der Waals surface area contributed by atoms with Crippen molar-refractivity contribution in [2.24, 2.45) is 0 Å². The van der Waals surface area contributed by atoms with Gasteiger partial charge in [-0.15, -0.1) is 0 Å². The van der Waals surface area contributed by atoms with E-state index in [0.29, 0.717) is 0 Å². The lowest BCUT2D eigenvalue weighted by Crippen LogP contribution is -2.88. The first-order valence-corrected chi connectivity index (χ1v) is 6.80. The summed E-state index contributed by atoms with van der Waals surface area (Å²) in [6.07, 6.45) is 0. The molecule has 0 radical (unpaired) electrons. The highest BCUT2D eigenvalue weighted by Crippen LogP contribution is 2.27. The van der Waals surface area contributed by atoms with Crippen molar-refractivity contribution in [2.45, 2.75) is 33.1 Å². The van der Waals surface area contributed by atoms with Gasteiger partial charge >= 0.3 is 0 Å². The van der Waals surface area contributed by atoms with Crippen molar-refractivity contribution in [3.05, 3.63) is 29.3 Å². The average Bonchev–Trinajstić information content (AvgIpc) is 2.29. The molecule has 1 aromatic carbocycles. The molecule has 102 valence electrons. The van der Waals surface area contributed by atoms with Crippen molar-refractivity contribution in [1.82, 2.24) is 0 Å². The van der Waals surface area contributed by atoms with Crippen LogP contribution in [0.4, 0.5) is 0 Å². The van der Waals surface area contributed by atoms with Gasteiger partial charge in [0.2, 0.25) is 0 Å². The Balaban J connectivity index is 2.53. The average molecular weight is 252 g/mol. The van der Waals surface area contributed by atoms with Gasteiger partial charge in [0.15, 0.2) is 0 Å². The molecular weight excluding hydrogens is 224 g/mol. The largest absolute Gasteiger partial charge is 0.487 e. The SMILES string of the molecule is Cc1cc(C(C)(C)C)ccc1OCC[NH2+]CC[NH3+]. The molecule has 0 heterocycles. The normalized spacial score (nSPS) is 11.6. The number of benzene rings is 1. The van der Waals surface area contributed by atoms with Gasteiger partial charge in [0.05, 0.1) is 0 Å². The first kappa shape index (κ1) is 15.0. The van der Waals surface area contributed by atoms with Gasteiger partial charge in [0.1, 0.15) is 32.0 Å². The Bertz CT molecular complexity index is 369. The molecule has 0 aliphatic rings. The smallest absolute Gasteiger partial charge is 0.137 e. The summed E-state index contributed by atoms with van der Waals surface area (Å²) in [5.74, 6) is 1.01. The van der Waals surface area contributed by atoms with E-state index in [-0.39, 0.29) is 5.41 Å². The molecule has 0 aliphatic carbocycles. The van der Waals surface area contributed by atoms with Gasteiger partial charge < -0.3 is 15.8 Å². The van der Waals surface area contributed by atoms with Crippen LogP contribution in [0.3, 0.4) is 0 Å². The third-order valence-electron chi connectivity index (χ3n) is 3.03. The van der Waals surface area contributed by atoms with Crippen molar-refractivity contribution in [3.8, 4) is 5.75 Å². The molecule has 3 nitrogen and oxygen atoms in total. The maximum atomic E-state index is 5.80. The Kier molecular flexibility index (Phi) is 5.63. The zero-order valence-corrected chi connectivity index (χ0v) is 12.3. The number of ether oxygens (including phenoxy) is 1. The number of nitrogens with two attached hydrogens (primary N) is 1. The van der Waals surface area contributed by atoms with E-state index < -0.39 is 0 Å². The predicted octanol–water partition coefficient (Wildman–Crippen LogP) is 0.477. The van der Waals surface area contributed by atoms with E-state index >= 15 is 0 Å². The molecule has 18 heavy (non-hydrogen) atoms. The highest BCUT2D eigenvalue weighted by atomic mass is 16.5. The first-order chi connectivity index (χ1) is 8.45. The van der Waals surface area contributed by atoms with Crippen molar-refractivity contribution in [1.29, 1.82) is 0 Å². The Morgan fingerprint density at radius 1 is 1.22 bits per heavy atom. The van der Waals surface area contributed by atoms with Gasteiger partial charge in [-0.25, -0.2) is 0 Å². The fourth-order valence-corrected chi connectivity index (χ4v) is 1.82. The lowest BCUT2D eigenvalue weighted by atomic mass is 9.86. The number of quaternary nitrogens is 2.